The van der Waals surface area contributed by atoms with Crippen LogP contribution in [0.15, 0.2) is 54.2 Å². The minimum absolute atomic E-state index is 0.323. The Morgan fingerprint density at radius 2 is 2.23 bits per heavy atom. The van der Waals surface area contributed by atoms with Gasteiger partial charge in [0, 0.05) is 19.3 Å². The molecule has 0 atom stereocenters. The Hall–Kier alpha value is -2.47. The predicted octanol–water partition coefficient (Wildman–Crippen LogP) is 2.85. The highest BCUT2D eigenvalue weighted by molar-refractivity contribution is 7.16. The number of carbonyl (C=O) groups is 1. The second kappa shape index (κ2) is 6.11. The monoisotopic (exact) mass is 312 g/mol. The highest BCUT2D eigenvalue weighted by Gasteiger charge is 2.10. The van der Waals surface area contributed by atoms with Gasteiger partial charge in [0.05, 0.1) is 10.2 Å². The van der Waals surface area contributed by atoms with E-state index >= 15 is 0 Å². The van der Waals surface area contributed by atoms with Gasteiger partial charge in [-0.25, -0.2) is 0 Å². The Bertz CT molecular complexity index is 900. The van der Waals surface area contributed by atoms with E-state index in [4.69, 9.17) is 0 Å². The van der Waals surface area contributed by atoms with Crippen molar-refractivity contribution in [2.45, 2.75) is 20.0 Å². The molecule has 1 amide bonds. The van der Waals surface area contributed by atoms with Gasteiger partial charge < -0.3 is 4.57 Å². The lowest BCUT2D eigenvalue weighted by Crippen LogP contribution is -2.16. The number of allylic oxidation sites excluding steroid dienone is 1. The number of benzene rings is 1. The molecule has 3 aromatic rings. The maximum absolute atomic E-state index is 12.3. The van der Waals surface area contributed by atoms with E-state index in [1.807, 2.05) is 35.8 Å². The van der Waals surface area contributed by atoms with Crippen LogP contribution in [0.4, 0.5) is 0 Å². The predicted molar refractivity (Wildman–Crippen MR) is 87.8 cm³/mol. The summed E-state index contributed by atoms with van der Waals surface area (Å²) in [6, 6.07) is 9.69. The molecule has 3 rings (SSSR count). The summed E-state index contributed by atoms with van der Waals surface area (Å²) >= 11 is 1.49. The summed E-state index contributed by atoms with van der Waals surface area (Å²) in [6.07, 6.45) is 3.58. The van der Waals surface area contributed by atoms with Crippen molar-refractivity contribution in [3.8, 4) is 0 Å². The van der Waals surface area contributed by atoms with Crippen LogP contribution in [0.3, 0.4) is 0 Å². The van der Waals surface area contributed by atoms with Crippen LogP contribution in [0.25, 0.3) is 10.2 Å². The van der Waals surface area contributed by atoms with Gasteiger partial charge in [-0.05, 0) is 25.1 Å². The molecule has 6 heteroatoms. The van der Waals surface area contributed by atoms with E-state index in [0.717, 1.165) is 16.8 Å². The van der Waals surface area contributed by atoms with Crippen molar-refractivity contribution in [1.82, 2.24) is 14.3 Å². The number of hydrogen-bond acceptors (Lipinski definition) is 3. The van der Waals surface area contributed by atoms with Gasteiger partial charge in [0.15, 0.2) is 10.5 Å². The third kappa shape index (κ3) is 2.65. The minimum atomic E-state index is -0.323. The number of nitrogens with zero attached hydrogens (tertiary/aromatic N) is 4. The summed E-state index contributed by atoms with van der Waals surface area (Å²) in [5.41, 5.74) is 1.42. The van der Waals surface area contributed by atoms with Gasteiger partial charge in [0.25, 0.3) is 5.91 Å². The lowest BCUT2D eigenvalue weighted by atomic mass is 10.3. The number of aryl methyl sites for hydroxylation is 1. The van der Waals surface area contributed by atoms with Crippen LogP contribution in [0.5, 0.6) is 0 Å². The number of rotatable bonds is 4. The van der Waals surface area contributed by atoms with Crippen LogP contribution in [-0.2, 0) is 13.1 Å². The van der Waals surface area contributed by atoms with E-state index in [1.54, 1.807) is 23.0 Å². The molecule has 0 aliphatic carbocycles. The van der Waals surface area contributed by atoms with E-state index in [-0.39, 0.29) is 5.91 Å². The molecule has 22 heavy (non-hydrogen) atoms. The third-order valence-corrected chi connectivity index (χ3v) is 4.34. The van der Waals surface area contributed by atoms with Crippen LogP contribution in [0.2, 0.25) is 0 Å². The first kappa shape index (κ1) is 14.5. The van der Waals surface area contributed by atoms with Crippen LogP contribution in [0, 0.1) is 0 Å². The molecule has 0 fully saturated rings. The average molecular weight is 312 g/mol. The highest BCUT2D eigenvalue weighted by Crippen LogP contribution is 2.16. The molecule has 0 N–H and O–H groups in total. The summed E-state index contributed by atoms with van der Waals surface area (Å²) in [7, 11) is 0. The number of aromatic nitrogens is 3. The molecule has 0 saturated heterocycles. The van der Waals surface area contributed by atoms with Crippen LogP contribution in [0.1, 0.15) is 17.4 Å². The number of amides is 1. The number of fused-ring (bicyclic) bond motifs is 1. The van der Waals surface area contributed by atoms with E-state index < -0.39 is 0 Å². The van der Waals surface area contributed by atoms with Gasteiger partial charge >= 0.3 is 0 Å². The van der Waals surface area contributed by atoms with Crippen molar-refractivity contribution < 1.29 is 4.79 Å². The Labute approximate surface area is 131 Å². The van der Waals surface area contributed by atoms with Crippen molar-refractivity contribution >= 4 is 27.5 Å². The summed E-state index contributed by atoms with van der Waals surface area (Å²) in [6.45, 7) is 7.09. The molecule has 5 nitrogen and oxygen atoms in total. The standard InChI is InChI=1S/C16H16N4OS/c1-3-10-20-13-7-5-6-8-14(13)22-16(20)17-15(21)12-9-11-19(4-2)18-12/h3,5-9,11H,1,4,10H2,2H3. The summed E-state index contributed by atoms with van der Waals surface area (Å²) in [5, 5.41) is 4.20. The Morgan fingerprint density at radius 3 is 2.95 bits per heavy atom. The van der Waals surface area contributed by atoms with Crippen LogP contribution < -0.4 is 4.80 Å². The summed E-state index contributed by atoms with van der Waals surface area (Å²) < 4.78 is 4.79. The van der Waals surface area contributed by atoms with E-state index in [9.17, 15) is 4.79 Å². The second-order valence-electron chi connectivity index (χ2n) is 4.73. The molecule has 1 aromatic carbocycles. The lowest BCUT2D eigenvalue weighted by molar-refractivity contribution is 0.0992. The second-order valence-corrected chi connectivity index (χ2v) is 5.73. The SMILES string of the molecule is C=CCn1c(=NC(=O)c2ccn(CC)n2)sc2ccccc21. The van der Waals surface area contributed by atoms with Gasteiger partial charge in [-0.2, -0.15) is 10.1 Å². The van der Waals surface area contributed by atoms with Crippen LogP contribution >= 0.6 is 11.3 Å². The van der Waals surface area contributed by atoms with E-state index in [2.05, 4.69) is 16.7 Å². The third-order valence-electron chi connectivity index (χ3n) is 3.28. The molecule has 2 aromatic heterocycles. The van der Waals surface area contributed by atoms with E-state index in [1.165, 1.54) is 11.3 Å². The van der Waals surface area contributed by atoms with Gasteiger partial charge in [-0.1, -0.05) is 29.5 Å². The van der Waals surface area contributed by atoms with Gasteiger partial charge in [0.1, 0.15) is 0 Å². The molecule has 112 valence electrons. The van der Waals surface area contributed by atoms with Crippen molar-refractivity contribution in [3.63, 3.8) is 0 Å². The first-order valence-corrected chi connectivity index (χ1v) is 7.86. The Balaban J connectivity index is 2.09. The normalized spacial score (nSPS) is 12.0. The van der Waals surface area contributed by atoms with Crippen LogP contribution in [-0.4, -0.2) is 20.3 Å². The fourth-order valence-electron chi connectivity index (χ4n) is 2.21. The Morgan fingerprint density at radius 1 is 1.41 bits per heavy atom. The summed E-state index contributed by atoms with van der Waals surface area (Å²) in [4.78, 5) is 17.2. The van der Waals surface area contributed by atoms with Gasteiger partial charge in [0.2, 0.25) is 0 Å². The van der Waals surface area contributed by atoms with Gasteiger partial charge in [-0.3, -0.25) is 9.48 Å². The molecule has 0 unspecified atom stereocenters. The maximum Gasteiger partial charge on any atom is 0.300 e. The summed E-state index contributed by atoms with van der Waals surface area (Å²) in [5.74, 6) is -0.323. The zero-order chi connectivity index (χ0) is 15.5. The number of thiazole rings is 1. The molecule has 0 bridgehead atoms. The molecule has 0 spiro atoms. The average Bonchev–Trinajstić information content (AvgIpc) is 3.13. The van der Waals surface area contributed by atoms with Crippen molar-refractivity contribution in [2.75, 3.05) is 0 Å². The Kier molecular flexibility index (Phi) is 4.02. The van der Waals surface area contributed by atoms with Crippen molar-refractivity contribution in [2.24, 2.45) is 4.99 Å². The number of carbonyl (C=O) groups excluding carboxylic acids is 1. The molecule has 0 saturated carbocycles. The first-order valence-electron chi connectivity index (χ1n) is 7.04. The lowest BCUT2D eigenvalue weighted by Gasteiger charge is -1.99. The fraction of sp³-hybridized carbons (Fsp3) is 0.188. The number of hydrogen-bond donors (Lipinski definition) is 0. The quantitative estimate of drug-likeness (QED) is 0.696. The first-order chi connectivity index (χ1) is 10.7. The molecular weight excluding hydrogens is 296 g/mol. The molecular formula is C16H16N4OS. The minimum Gasteiger partial charge on any atom is -0.312 e. The fourth-order valence-corrected chi connectivity index (χ4v) is 3.25. The van der Waals surface area contributed by atoms with Gasteiger partial charge in [-0.15, -0.1) is 6.58 Å². The molecule has 0 aliphatic heterocycles. The zero-order valence-electron chi connectivity index (χ0n) is 12.3. The topological polar surface area (TPSA) is 52.2 Å². The molecule has 0 radical (unpaired) electrons. The smallest absolute Gasteiger partial charge is 0.300 e. The van der Waals surface area contributed by atoms with E-state index in [0.29, 0.717) is 17.0 Å². The highest BCUT2D eigenvalue weighted by atomic mass is 32.1. The van der Waals surface area contributed by atoms with Crippen molar-refractivity contribution in [1.29, 1.82) is 0 Å². The largest absolute Gasteiger partial charge is 0.312 e. The maximum atomic E-state index is 12.3. The number of para-hydroxylation sites is 1. The molecule has 0 aliphatic rings. The zero-order valence-corrected chi connectivity index (χ0v) is 13.1. The van der Waals surface area contributed by atoms with Crippen molar-refractivity contribution in [3.05, 3.63) is 59.7 Å². The molecule has 2 heterocycles.